The highest BCUT2D eigenvalue weighted by molar-refractivity contribution is 5.47. The van der Waals surface area contributed by atoms with Gasteiger partial charge in [0, 0.05) is 19.3 Å². The number of nitrogens with one attached hydrogen (secondary N) is 1. The van der Waals surface area contributed by atoms with Crippen LogP contribution < -0.4 is 10.2 Å². The normalized spacial score (nSPS) is 19.5. The first-order chi connectivity index (χ1) is 8.29. The van der Waals surface area contributed by atoms with Crippen LogP contribution >= 0.6 is 0 Å². The van der Waals surface area contributed by atoms with Gasteiger partial charge in [0.2, 0.25) is 0 Å². The van der Waals surface area contributed by atoms with Gasteiger partial charge < -0.3 is 10.2 Å². The van der Waals surface area contributed by atoms with Crippen LogP contribution in [0.4, 0.5) is 5.69 Å². The summed E-state index contributed by atoms with van der Waals surface area (Å²) in [6.07, 6.45) is 3.73. The van der Waals surface area contributed by atoms with Crippen LogP contribution in [-0.4, -0.2) is 26.7 Å². The predicted molar refractivity (Wildman–Crippen MR) is 74.7 cm³/mol. The molecule has 1 unspecified atom stereocenters. The monoisotopic (exact) mass is 232 g/mol. The van der Waals surface area contributed by atoms with E-state index < -0.39 is 0 Å². The fourth-order valence-electron chi connectivity index (χ4n) is 2.57. The van der Waals surface area contributed by atoms with E-state index in [0.29, 0.717) is 0 Å². The molecular formula is C15H24N2. The Bertz CT molecular complexity index is 325. The molecule has 1 atom stereocenters. The third-order valence-electron chi connectivity index (χ3n) is 3.61. The lowest BCUT2D eigenvalue weighted by atomic mass is 10.1. The molecule has 1 N–H and O–H groups in total. The Balaban J connectivity index is 1.91. The molecule has 0 aromatic heterocycles. The van der Waals surface area contributed by atoms with E-state index in [1.165, 1.54) is 50.1 Å². The molecule has 1 aromatic rings. The van der Waals surface area contributed by atoms with Crippen LogP contribution in [-0.2, 0) is 6.42 Å². The van der Waals surface area contributed by atoms with E-state index in [0.717, 1.165) is 5.92 Å². The zero-order valence-electron chi connectivity index (χ0n) is 11.1. The molecule has 0 radical (unpaired) electrons. The molecule has 2 rings (SSSR count). The second kappa shape index (κ2) is 6.06. The molecule has 2 heteroatoms. The van der Waals surface area contributed by atoms with Crippen LogP contribution in [0.2, 0.25) is 0 Å². The van der Waals surface area contributed by atoms with Crippen molar-refractivity contribution >= 4 is 5.69 Å². The first kappa shape index (κ1) is 12.4. The Kier molecular flexibility index (Phi) is 4.43. The Morgan fingerprint density at radius 2 is 2.06 bits per heavy atom. The summed E-state index contributed by atoms with van der Waals surface area (Å²) in [4.78, 5) is 2.38. The summed E-state index contributed by atoms with van der Waals surface area (Å²) < 4.78 is 0. The van der Waals surface area contributed by atoms with E-state index in [9.17, 15) is 0 Å². The van der Waals surface area contributed by atoms with Crippen molar-refractivity contribution in [3.8, 4) is 0 Å². The summed E-state index contributed by atoms with van der Waals surface area (Å²) in [6, 6.07) is 9.05. The number of anilines is 1. The second-order valence-electron chi connectivity index (χ2n) is 5.16. The van der Waals surface area contributed by atoms with Crippen molar-refractivity contribution in [1.29, 1.82) is 0 Å². The van der Waals surface area contributed by atoms with Crippen LogP contribution in [0.15, 0.2) is 24.3 Å². The van der Waals surface area contributed by atoms with E-state index in [1.807, 2.05) is 0 Å². The molecule has 1 aliphatic heterocycles. The van der Waals surface area contributed by atoms with Crippen LogP contribution in [0, 0.1) is 5.92 Å². The van der Waals surface area contributed by atoms with E-state index in [-0.39, 0.29) is 0 Å². The maximum absolute atomic E-state index is 3.43. The van der Waals surface area contributed by atoms with E-state index in [2.05, 4.69) is 48.5 Å². The maximum Gasteiger partial charge on any atom is 0.0363 e. The SMILES string of the molecule is CCCc1ccc(N(C)CC2CCNC2)cc1. The summed E-state index contributed by atoms with van der Waals surface area (Å²) in [5, 5.41) is 3.43. The molecule has 0 spiro atoms. The lowest BCUT2D eigenvalue weighted by Gasteiger charge is -2.23. The van der Waals surface area contributed by atoms with Gasteiger partial charge in [-0.3, -0.25) is 0 Å². The molecule has 1 aromatic carbocycles. The molecule has 1 aliphatic rings. The van der Waals surface area contributed by atoms with Gasteiger partial charge in [-0.1, -0.05) is 25.5 Å². The molecule has 94 valence electrons. The highest BCUT2D eigenvalue weighted by Gasteiger charge is 2.16. The van der Waals surface area contributed by atoms with Crippen molar-refractivity contribution in [2.24, 2.45) is 5.92 Å². The highest BCUT2D eigenvalue weighted by Crippen LogP contribution is 2.18. The molecule has 0 aliphatic carbocycles. The van der Waals surface area contributed by atoms with Gasteiger partial charge in [0.15, 0.2) is 0 Å². The minimum atomic E-state index is 0.815. The average Bonchev–Trinajstić information content (AvgIpc) is 2.83. The summed E-state index contributed by atoms with van der Waals surface area (Å²) >= 11 is 0. The average molecular weight is 232 g/mol. The second-order valence-corrected chi connectivity index (χ2v) is 5.16. The first-order valence-corrected chi connectivity index (χ1v) is 6.80. The van der Waals surface area contributed by atoms with E-state index in [4.69, 9.17) is 0 Å². The largest absolute Gasteiger partial charge is 0.374 e. The van der Waals surface area contributed by atoms with Gasteiger partial charge in [-0.15, -0.1) is 0 Å². The van der Waals surface area contributed by atoms with Gasteiger partial charge in [-0.25, -0.2) is 0 Å². The van der Waals surface area contributed by atoms with E-state index >= 15 is 0 Å². The molecule has 1 fully saturated rings. The summed E-state index contributed by atoms with van der Waals surface area (Å²) in [6.45, 7) is 5.76. The molecule has 0 amide bonds. The lowest BCUT2D eigenvalue weighted by molar-refractivity contribution is 0.578. The number of nitrogens with zero attached hydrogens (tertiary/aromatic N) is 1. The van der Waals surface area contributed by atoms with Crippen molar-refractivity contribution < 1.29 is 0 Å². The quantitative estimate of drug-likeness (QED) is 0.839. The molecule has 1 heterocycles. The van der Waals surface area contributed by atoms with Gasteiger partial charge in [0.25, 0.3) is 0 Å². The number of rotatable bonds is 5. The Morgan fingerprint density at radius 1 is 1.29 bits per heavy atom. The number of aryl methyl sites for hydroxylation is 1. The topological polar surface area (TPSA) is 15.3 Å². The van der Waals surface area contributed by atoms with Gasteiger partial charge in [-0.05, 0) is 49.5 Å². The smallest absolute Gasteiger partial charge is 0.0363 e. The summed E-state index contributed by atoms with van der Waals surface area (Å²) in [5.74, 6) is 0.815. The first-order valence-electron chi connectivity index (χ1n) is 6.80. The summed E-state index contributed by atoms with van der Waals surface area (Å²) in [7, 11) is 2.20. The van der Waals surface area contributed by atoms with Crippen LogP contribution in [0.5, 0.6) is 0 Å². The van der Waals surface area contributed by atoms with Crippen LogP contribution in [0.25, 0.3) is 0 Å². The van der Waals surface area contributed by atoms with Crippen molar-refractivity contribution in [3.63, 3.8) is 0 Å². The van der Waals surface area contributed by atoms with Crippen molar-refractivity contribution in [2.45, 2.75) is 26.2 Å². The Morgan fingerprint density at radius 3 is 2.65 bits per heavy atom. The minimum absolute atomic E-state index is 0.815. The predicted octanol–water partition coefficient (Wildman–Crippen LogP) is 2.68. The fourth-order valence-corrected chi connectivity index (χ4v) is 2.57. The van der Waals surface area contributed by atoms with Gasteiger partial charge in [0.05, 0.1) is 0 Å². The Hall–Kier alpha value is -1.02. The lowest BCUT2D eigenvalue weighted by Crippen LogP contribution is -2.26. The molecule has 17 heavy (non-hydrogen) atoms. The minimum Gasteiger partial charge on any atom is -0.374 e. The van der Waals surface area contributed by atoms with Gasteiger partial charge in [0.1, 0.15) is 0 Å². The zero-order chi connectivity index (χ0) is 12.1. The molecule has 0 bridgehead atoms. The van der Waals surface area contributed by atoms with Gasteiger partial charge >= 0.3 is 0 Å². The van der Waals surface area contributed by atoms with E-state index in [1.54, 1.807) is 0 Å². The molecular weight excluding hydrogens is 208 g/mol. The standard InChI is InChI=1S/C15H24N2/c1-3-4-13-5-7-15(8-6-13)17(2)12-14-9-10-16-11-14/h5-8,14,16H,3-4,9-12H2,1-2H3. The third kappa shape index (κ3) is 3.47. The molecule has 1 saturated heterocycles. The molecule has 2 nitrogen and oxygen atoms in total. The van der Waals surface area contributed by atoms with Gasteiger partial charge in [-0.2, -0.15) is 0 Å². The Labute approximate surface area is 105 Å². The number of hydrogen-bond acceptors (Lipinski definition) is 2. The van der Waals surface area contributed by atoms with Crippen molar-refractivity contribution in [2.75, 3.05) is 31.6 Å². The molecule has 0 saturated carbocycles. The van der Waals surface area contributed by atoms with Crippen molar-refractivity contribution in [1.82, 2.24) is 5.32 Å². The fraction of sp³-hybridized carbons (Fsp3) is 0.600. The highest BCUT2D eigenvalue weighted by atomic mass is 15.1. The maximum atomic E-state index is 3.43. The van der Waals surface area contributed by atoms with Crippen molar-refractivity contribution in [3.05, 3.63) is 29.8 Å². The number of benzene rings is 1. The van der Waals surface area contributed by atoms with Crippen LogP contribution in [0.3, 0.4) is 0 Å². The van der Waals surface area contributed by atoms with Crippen LogP contribution in [0.1, 0.15) is 25.3 Å². The number of hydrogen-bond donors (Lipinski definition) is 1. The zero-order valence-corrected chi connectivity index (χ0v) is 11.1. The third-order valence-corrected chi connectivity index (χ3v) is 3.61. The summed E-state index contributed by atoms with van der Waals surface area (Å²) in [5.41, 5.74) is 2.80.